The maximum atomic E-state index is 6.35. The van der Waals surface area contributed by atoms with Crippen LogP contribution in [0.25, 0.3) is 0 Å². The number of ether oxygens (including phenoxy) is 1. The predicted molar refractivity (Wildman–Crippen MR) is 82.8 cm³/mol. The maximum absolute atomic E-state index is 6.35. The fourth-order valence-electron chi connectivity index (χ4n) is 1.94. The standard InChI is InChI=1S/C15H15BrClNO/c1-2-19-14-6-4-3-5-11(14)15(18)12-9-10(17)7-8-13(12)16/h3-9,15H,2,18H2,1H3. The van der Waals surface area contributed by atoms with Crippen LogP contribution in [-0.2, 0) is 0 Å². The largest absolute Gasteiger partial charge is 0.494 e. The Bertz CT molecular complexity index is 574. The van der Waals surface area contributed by atoms with Crippen molar-refractivity contribution in [2.75, 3.05) is 6.61 Å². The fraction of sp³-hybridized carbons (Fsp3) is 0.200. The summed E-state index contributed by atoms with van der Waals surface area (Å²) in [5.74, 6) is 0.810. The van der Waals surface area contributed by atoms with Gasteiger partial charge in [-0.15, -0.1) is 0 Å². The van der Waals surface area contributed by atoms with Crippen LogP contribution in [-0.4, -0.2) is 6.61 Å². The molecule has 0 fully saturated rings. The summed E-state index contributed by atoms with van der Waals surface area (Å²) in [4.78, 5) is 0. The highest BCUT2D eigenvalue weighted by Crippen LogP contribution is 2.33. The van der Waals surface area contributed by atoms with Crippen molar-refractivity contribution >= 4 is 27.5 Å². The third kappa shape index (κ3) is 3.30. The lowest BCUT2D eigenvalue weighted by molar-refractivity contribution is 0.335. The zero-order valence-electron chi connectivity index (χ0n) is 10.6. The summed E-state index contributed by atoms with van der Waals surface area (Å²) in [6.45, 7) is 2.57. The van der Waals surface area contributed by atoms with E-state index >= 15 is 0 Å². The molecule has 0 aromatic heterocycles. The molecule has 0 saturated heterocycles. The van der Waals surface area contributed by atoms with Gasteiger partial charge in [-0.1, -0.05) is 45.7 Å². The smallest absolute Gasteiger partial charge is 0.124 e. The van der Waals surface area contributed by atoms with Crippen molar-refractivity contribution < 1.29 is 4.74 Å². The van der Waals surface area contributed by atoms with E-state index in [1.165, 1.54) is 0 Å². The summed E-state index contributed by atoms with van der Waals surface area (Å²) in [6, 6.07) is 13.1. The molecule has 1 unspecified atom stereocenters. The summed E-state index contributed by atoms with van der Waals surface area (Å²) in [7, 11) is 0. The van der Waals surface area contributed by atoms with Gasteiger partial charge in [0.1, 0.15) is 5.75 Å². The predicted octanol–water partition coefficient (Wildman–Crippen LogP) is 4.55. The molecule has 2 nitrogen and oxygen atoms in total. The molecular formula is C15H15BrClNO. The van der Waals surface area contributed by atoms with Crippen LogP contribution >= 0.6 is 27.5 Å². The third-order valence-corrected chi connectivity index (χ3v) is 3.80. The van der Waals surface area contributed by atoms with Crippen LogP contribution in [0.1, 0.15) is 24.1 Å². The van der Waals surface area contributed by atoms with Crippen LogP contribution in [0, 0.1) is 0 Å². The Kier molecular flexibility index (Phi) is 4.86. The van der Waals surface area contributed by atoms with Gasteiger partial charge in [-0.25, -0.2) is 0 Å². The molecule has 0 aliphatic carbocycles. The van der Waals surface area contributed by atoms with Gasteiger partial charge in [-0.3, -0.25) is 0 Å². The van der Waals surface area contributed by atoms with Gasteiger partial charge >= 0.3 is 0 Å². The number of hydrogen-bond donors (Lipinski definition) is 1. The van der Waals surface area contributed by atoms with E-state index in [4.69, 9.17) is 22.1 Å². The Morgan fingerprint density at radius 3 is 2.68 bits per heavy atom. The van der Waals surface area contributed by atoms with E-state index in [0.29, 0.717) is 11.6 Å². The minimum atomic E-state index is -0.282. The first kappa shape index (κ1) is 14.4. The Hall–Kier alpha value is -1.03. The van der Waals surface area contributed by atoms with E-state index in [2.05, 4.69) is 15.9 Å². The normalized spacial score (nSPS) is 12.2. The highest BCUT2D eigenvalue weighted by atomic mass is 79.9. The molecular weight excluding hydrogens is 326 g/mol. The molecule has 0 aliphatic rings. The van der Waals surface area contributed by atoms with Crippen LogP contribution in [0.5, 0.6) is 5.75 Å². The molecule has 2 N–H and O–H groups in total. The molecule has 0 bridgehead atoms. The Balaban J connectivity index is 2.43. The fourth-order valence-corrected chi connectivity index (χ4v) is 2.62. The van der Waals surface area contributed by atoms with Crippen molar-refractivity contribution in [3.05, 3.63) is 63.1 Å². The van der Waals surface area contributed by atoms with Crippen molar-refractivity contribution in [3.63, 3.8) is 0 Å². The van der Waals surface area contributed by atoms with Gasteiger partial charge in [0.05, 0.1) is 12.6 Å². The summed E-state index contributed by atoms with van der Waals surface area (Å²) in [5, 5.41) is 0.669. The summed E-state index contributed by atoms with van der Waals surface area (Å²) < 4.78 is 6.56. The van der Waals surface area contributed by atoms with Crippen LogP contribution < -0.4 is 10.5 Å². The molecule has 0 amide bonds. The van der Waals surface area contributed by atoms with Gasteiger partial charge in [0.25, 0.3) is 0 Å². The Labute approximate surface area is 126 Å². The van der Waals surface area contributed by atoms with Crippen molar-refractivity contribution in [2.45, 2.75) is 13.0 Å². The van der Waals surface area contributed by atoms with Gasteiger partial charge in [-0.2, -0.15) is 0 Å². The molecule has 2 aromatic carbocycles. The van der Waals surface area contributed by atoms with Gasteiger partial charge < -0.3 is 10.5 Å². The number of rotatable bonds is 4. The van der Waals surface area contributed by atoms with E-state index in [1.54, 1.807) is 0 Å². The van der Waals surface area contributed by atoms with Crippen LogP contribution in [0.2, 0.25) is 5.02 Å². The lowest BCUT2D eigenvalue weighted by atomic mass is 9.99. The molecule has 2 aromatic rings. The number of nitrogens with two attached hydrogens (primary N) is 1. The average Bonchev–Trinajstić information content (AvgIpc) is 2.42. The molecule has 1 atom stereocenters. The minimum absolute atomic E-state index is 0.282. The zero-order chi connectivity index (χ0) is 13.8. The topological polar surface area (TPSA) is 35.2 Å². The third-order valence-electron chi connectivity index (χ3n) is 2.85. The van der Waals surface area contributed by atoms with Gasteiger partial charge in [0, 0.05) is 15.1 Å². The Morgan fingerprint density at radius 2 is 1.95 bits per heavy atom. The molecule has 0 aliphatic heterocycles. The van der Waals surface area contributed by atoms with Crippen molar-refractivity contribution in [2.24, 2.45) is 5.73 Å². The number of hydrogen-bond acceptors (Lipinski definition) is 2. The second-order valence-corrected chi connectivity index (χ2v) is 5.41. The van der Waals surface area contributed by atoms with Crippen LogP contribution in [0.15, 0.2) is 46.9 Å². The lowest BCUT2D eigenvalue weighted by Gasteiger charge is -2.18. The first-order chi connectivity index (χ1) is 9.13. The van der Waals surface area contributed by atoms with E-state index in [9.17, 15) is 0 Å². The number of benzene rings is 2. The molecule has 100 valence electrons. The molecule has 0 heterocycles. The lowest BCUT2D eigenvalue weighted by Crippen LogP contribution is -2.14. The molecule has 0 saturated carbocycles. The maximum Gasteiger partial charge on any atom is 0.124 e. The number of halogens is 2. The quantitative estimate of drug-likeness (QED) is 0.886. The molecule has 0 radical (unpaired) electrons. The molecule has 0 spiro atoms. The van der Waals surface area contributed by atoms with Gasteiger partial charge in [0.15, 0.2) is 0 Å². The van der Waals surface area contributed by atoms with Crippen LogP contribution in [0.3, 0.4) is 0 Å². The average molecular weight is 341 g/mol. The minimum Gasteiger partial charge on any atom is -0.494 e. The van der Waals surface area contributed by atoms with E-state index < -0.39 is 0 Å². The summed E-state index contributed by atoms with van der Waals surface area (Å²) in [6.07, 6.45) is 0. The monoisotopic (exact) mass is 339 g/mol. The van der Waals surface area contributed by atoms with E-state index in [1.807, 2.05) is 49.4 Å². The summed E-state index contributed by atoms with van der Waals surface area (Å²) >= 11 is 9.55. The van der Waals surface area contributed by atoms with Gasteiger partial charge in [0.2, 0.25) is 0 Å². The SMILES string of the molecule is CCOc1ccccc1C(N)c1cc(Cl)ccc1Br. The molecule has 2 rings (SSSR count). The Morgan fingerprint density at radius 1 is 1.21 bits per heavy atom. The van der Waals surface area contributed by atoms with Crippen molar-refractivity contribution in [1.29, 1.82) is 0 Å². The van der Waals surface area contributed by atoms with Gasteiger partial charge in [-0.05, 0) is 36.8 Å². The highest BCUT2D eigenvalue weighted by molar-refractivity contribution is 9.10. The van der Waals surface area contributed by atoms with Crippen molar-refractivity contribution in [3.8, 4) is 5.75 Å². The van der Waals surface area contributed by atoms with E-state index in [0.717, 1.165) is 21.3 Å². The second-order valence-electron chi connectivity index (χ2n) is 4.11. The second kappa shape index (κ2) is 6.42. The van der Waals surface area contributed by atoms with Crippen LogP contribution in [0.4, 0.5) is 0 Å². The number of para-hydroxylation sites is 1. The first-order valence-electron chi connectivity index (χ1n) is 6.05. The van der Waals surface area contributed by atoms with E-state index in [-0.39, 0.29) is 6.04 Å². The summed E-state index contributed by atoms with van der Waals surface area (Å²) in [5.41, 5.74) is 8.24. The highest BCUT2D eigenvalue weighted by Gasteiger charge is 2.16. The zero-order valence-corrected chi connectivity index (χ0v) is 12.9. The molecule has 4 heteroatoms. The first-order valence-corrected chi connectivity index (χ1v) is 7.22. The van der Waals surface area contributed by atoms with Crippen molar-refractivity contribution in [1.82, 2.24) is 0 Å². The molecule has 19 heavy (non-hydrogen) atoms.